The third-order valence-corrected chi connectivity index (χ3v) is 6.61. The fourth-order valence-electron chi connectivity index (χ4n) is 3.86. The highest BCUT2D eigenvalue weighted by molar-refractivity contribution is 7.10. The SMILES string of the molecule is CC1(CC(N[C@H](c2cccs2)C(F)(F)F)C(=O)NC2(C#N)CC2)CCCC1. The van der Waals surface area contributed by atoms with Crippen LogP contribution in [-0.4, -0.2) is 23.7 Å². The van der Waals surface area contributed by atoms with Gasteiger partial charge in [0.15, 0.2) is 0 Å². The Morgan fingerprint density at radius 2 is 2.00 bits per heavy atom. The molecular formula is C19H24F3N3OS. The van der Waals surface area contributed by atoms with Crippen LogP contribution >= 0.6 is 11.3 Å². The molecule has 1 aromatic rings. The van der Waals surface area contributed by atoms with Gasteiger partial charge in [0.1, 0.15) is 11.6 Å². The summed E-state index contributed by atoms with van der Waals surface area (Å²) in [5, 5.41) is 16.1. The van der Waals surface area contributed by atoms with Gasteiger partial charge in [-0.3, -0.25) is 10.1 Å². The highest BCUT2D eigenvalue weighted by Crippen LogP contribution is 2.43. The van der Waals surface area contributed by atoms with Gasteiger partial charge in [-0.1, -0.05) is 25.8 Å². The zero-order chi connectivity index (χ0) is 19.7. The molecule has 0 saturated heterocycles. The molecular weight excluding hydrogens is 375 g/mol. The number of nitrogens with zero attached hydrogens (tertiary/aromatic N) is 1. The third-order valence-electron chi connectivity index (χ3n) is 5.67. The third kappa shape index (κ3) is 4.82. The topological polar surface area (TPSA) is 64.9 Å². The molecule has 148 valence electrons. The molecule has 1 unspecified atom stereocenters. The Balaban J connectivity index is 1.81. The number of thiophene rings is 1. The van der Waals surface area contributed by atoms with Gasteiger partial charge in [-0.2, -0.15) is 18.4 Å². The molecule has 0 aromatic carbocycles. The normalized spacial score (nSPS) is 22.6. The van der Waals surface area contributed by atoms with Gasteiger partial charge < -0.3 is 5.32 Å². The highest BCUT2D eigenvalue weighted by Gasteiger charge is 2.48. The van der Waals surface area contributed by atoms with E-state index in [-0.39, 0.29) is 10.3 Å². The number of halogens is 3. The first-order chi connectivity index (χ1) is 12.7. The standard InChI is InChI=1S/C19H24F3N3OS/c1-17(6-2-3-7-17)11-13(16(26)25-18(12-23)8-9-18)24-15(19(20,21)22)14-5-4-10-27-14/h4-5,10,13,15,24H,2-3,6-9,11H2,1H3,(H,25,26)/t13?,15-/m1/s1. The number of alkyl halides is 3. The Hall–Kier alpha value is -1.59. The number of carbonyl (C=O) groups excluding carboxylic acids is 1. The van der Waals surface area contributed by atoms with Crippen LogP contribution in [0, 0.1) is 16.7 Å². The van der Waals surface area contributed by atoms with Crippen LogP contribution in [0.3, 0.4) is 0 Å². The molecule has 2 saturated carbocycles. The molecule has 0 bridgehead atoms. The van der Waals surface area contributed by atoms with E-state index in [0.717, 1.165) is 37.0 Å². The monoisotopic (exact) mass is 399 g/mol. The Bertz CT molecular complexity index is 701. The Morgan fingerprint density at radius 3 is 2.48 bits per heavy atom. The zero-order valence-corrected chi connectivity index (χ0v) is 16.1. The molecule has 1 amide bonds. The predicted octanol–water partition coefficient (Wildman–Crippen LogP) is 4.45. The van der Waals surface area contributed by atoms with Crippen molar-refractivity contribution < 1.29 is 18.0 Å². The second-order valence-corrected chi connectivity index (χ2v) is 9.09. The van der Waals surface area contributed by atoms with Crippen LogP contribution in [0.2, 0.25) is 0 Å². The maximum atomic E-state index is 13.7. The van der Waals surface area contributed by atoms with Gasteiger partial charge in [0, 0.05) is 4.88 Å². The lowest BCUT2D eigenvalue weighted by molar-refractivity contribution is -0.160. The van der Waals surface area contributed by atoms with E-state index in [1.165, 1.54) is 6.07 Å². The van der Waals surface area contributed by atoms with Gasteiger partial charge >= 0.3 is 6.18 Å². The Labute approximate surface area is 161 Å². The first kappa shape index (κ1) is 20.2. The number of hydrogen-bond donors (Lipinski definition) is 2. The van der Waals surface area contributed by atoms with E-state index < -0.39 is 29.7 Å². The summed E-state index contributed by atoms with van der Waals surface area (Å²) in [6.45, 7) is 2.03. The minimum absolute atomic E-state index is 0.137. The Kier molecular flexibility index (Phi) is 5.55. The van der Waals surface area contributed by atoms with E-state index in [4.69, 9.17) is 0 Å². The first-order valence-corrected chi connectivity index (χ1v) is 10.1. The van der Waals surface area contributed by atoms with Crippen molar-refractivity contribution in [2.45, 2.75) is 75.7 Å². The second kappa shape index (κ2) is 7.44. The van der Waals surface area contributed by atoms with Crippen molar-refractivity contribution in [1.82, 2.24) is 10.6 Å². The number of carbonyl (C=O) groups is 1. The van der Waals surface area contributed by atoms with Crippen LogP contribution in [0.1, 0.15) is 62.8 Å². The average molecular weight is 399 g/mol. The summed E-state index contributed by atoms with van der Waals surface area (Å²) >= 11 is 1.02. The molecule has 2 aliphatic rings. The molecule has 3 rings (SSSR count). The zero-order valence-electron chi connectivity index (χ0n) is 15.2. The summed E-state index contributed by atoms with van der Waals surface area (Å²) in [5.41, 5.74) is -1.06. The van der Waals surface area contributed by atoms with E-state index in [1.807, 2.05) is 6.92 Å². The number of hydrogen-bond acceptors (Lipinski definition) is 4. The van der Waals surface area contributed by atoms with E-state index in [2.05, 4.69) is 16.7 Å². The molecule has 1 heterocycles. The lowest BCUT2D eigenvalue weighted by atomic mass is 9.81. The van der Waals surface area contributed by atoms with E-state index in [0.29, 0.717) is 19.3 Å². The summed E-state index contributed by atoms with van der Waals surface area (Å²) in [6, 6.07) is 2.19. The second-order valence-electron chi connectivity index (χ2n) is 8.11. The molecule has 0 spiro atoms. The largest absolute Gasteiger partial charge is 0.408 e. The fraction of sp³-hybridized carbons (Fsp3) is 0.684. The van der Waals surface area contributed by atoms with Crippen molar-refractivity contribution in [3.05, 3.63) is 22.4 Å². The van der Waals surface area contributed by atoms with E-state index in [9.17, 15) is 23.2 Å². The minimum Gasteiger partial charge on any atom is -0.336 e. The molecule has 2 atom stereocenters. The molecule has 2 fully saturated rings. The molecule has 2 aliphatic carbocycles. The molecule has 2 N–H and O–H groups in total. The van der Waals surface area contributed by atoms with Crippen LogP contribution in [0.15, 0.2) is 17.5 Å². The van der Waals surface area contributed by atoms with E-state index in [1.54, 1.807) is 11.4 Å². The summed E-state index contributed by atoms with van der Waals surface area (Å²) in [5.74, 6) is -0.506. The maximum absolute atomic E-state index is 13.7. The number of rotatable bonds is 7. The number of nitriles is 1. The quantitative estimate of drug-likeness (QED) is 0.712. The van der Waals surface area contributed by atoms with Crippen molar-refractivity contribution in [2.75, 3.05) is 0 Å². The molecule has 0 radical (unpaired) electrons. The average Bonchev–Trinajstić information content (AvgIpc) is 2.97. The predicted molar refractivity (Wildman–Crippen MR) is 97.0 cm³/mol. The molecule has 8 heteroatoms. The van der Waals surface area contributed by atoms with Gasteiger partial charge in [0.05, 0.1) is 12.1 Å². The Morgan fingerprint density at radius 1 is 1.33 bits per heavy atom. The minimum atomic E-state index is -4.51. The van der Waals surface area contributed by atoms with Crippen molar-refractivity contribution in [3.8, 4) is 6.07 Å². The van der Waals surface area contributed by atoms with Gasteiger partial charge in [-0.25, -0.2) is 0 Å². The maximum Gasteiger partial charge on any atom is 0.408 e. The smallest absolute Gasteiger partial charge is 0.336 e. The summed E-state index contributed by atoms with van der Waals surface area (Å²) in [7, 11) is 0. The van der Waals surface area contributed by atoms with Gasteiger partial charge in [0.25, 0.3) is 0 Å². The van der Waals surface area contributed by atoms with Crippen LogP contribution in [0.4, 0.5) is 13.2 Å². The van der Waals surface area contributed by atoms with Crippen molar-refractivity contribution in [1.29, 1.82) is 5.26 Å². The van der Waals surface area contributed by atoms with Crippen LogP contribution < -0.4 is 10.6 Å². The fourth-order valence-corrected chi connectivity index (χ4v) is 4.67. The summed E-state index contributed by atoms with van der Waals surface area (Å²) in [6.07, 6.45) is 0.779. The summed E-state index contributed by atoms with van der Waals surface area (Å²) < 4.78 is 41.1. The van der Waals surface area contributed by atoms with Gasteiger partial charge in [-0.05, 0) is 49.0 Å². The van der Waals surface area contributed by atoms with Crippen LogP contribution in [0.25, 0.3) is 0 Å². The van der Waals surface area contributed by atoms with Crippen LogP contribution in [0.5, 0.6) is 0 Å². The van der Waals surface area contributed by atoms with Crippen molar-refractivity contribution in [3.63, 3.8) is 0 Å². The van der Waals surface area contributed by atoms with Crippen molar-refractivity contribution >= 4 is 17.2 Å². The van der Waals surface area contributed by atoms with Gasteiger partial charge in [-0.15, -0.1) is 11.3 Å². The van der Waals surface area contributed by atoms with E-state index >= 15 is 0 Å². The number of nitrogens with one attached hydrogen (secondary N) is 2. The molecule has 0 aliphatic heterocycles. The summed E-state index contributed by atoms with van der Waals surface area (Å²) in [4.78, 5) is 13.0. The van der Waals surface area contributed by atoms with Crippen molar-refractivity contribution in [2.24, 2.45) is 5.41 Å². The highest BCUT2D eigenvalue weighted by atomic mass is 32.1. The lowest BCUT2D eigenvalue weighted by Gasteiger charge is -2.33. The van der Waals surface area contributed by atoms with Crippen LogP contribution in [-0.2, 0) is 4.79 Å². The van der Waals surface area contributed by atoms with Gasteiger partial charge in [0.2, 0.25) is 5.91 Å². The number of amides is 1. The molecule has 27 heavy (non-hydrogen) atoms. The molecule has 4 nitrogen and oxygen atoms in total. The first-order valence-electron chi connectivity index (χ1n) is 9.26. The lowest BCUT2D eigenvalue weighted by Crippen LogP contribution is -2.53. The molecule has 1 aromatic heterocycles.